The zero-order valence-corrected chi connectivity index (χ0v) is 11.6. The summed E-state index contributed by atoms with van der Waals surface area (Å²) in [7, 11) is 0. The van der Waals surface area contributed by atoms with Crippen LogP contribution in [0.4, 0.5) is 0 Å². The normalized spacial score (nSPS) is 10.4. The maximum Gasteiger partial charge on any atom is 0.119 e. The summed E-state index contributed by atoms with van der Waals surface area (Å²) in [6, 6.07) is 19.0. The molecule has 0 aromatic heterocycles. The number of hydrogen-bond donors (Lipinski definition) is 0. The molecule has 0 saturated carbocycles. The Labute approximate surface area is 116 Å². The van der Waals surface area contributed by atoms with Gasteiger partial charge in [-0.3, -0.25) is 0 Å². The van der Waals surface area contributed by atoms with E-state index in [-0.39, 0.29) is 0 Å². The highest BCUT2D eigenvalue weighted by molar-refractivity contribution is 5.27. The van der Waals surface area contributed by atoms with E-state index in [0.29, 0.717) is 0 Å². The van der Waals surface area contributed by atoms with Gasteiger partial charge in [0.2, 0.25) is 0 Å². The maximum absolute atomic E-state index is 5.77. The maximum atomic E-state index is 5.77. The topological polar surface area (TPSA) is 9.23 Å². The number of ether oxygens (including phenoxy) is 1. The van der Waals surface area contributed by atoms with E-state index in [0.717, 1.165) is 18.8 Å². The molecule has 0 radical (unpaired) electrons. The van der Waals surface area contributed by atoms with E-state index in [9.17, 15) is 0 Å². The Morgan fingerprint density at radius 1 is 0.789 bits per heavy atom. The van der Waals surface area contributed by atoms with Gasteiger partial charge in [-0.25, -0.2) is 0 Å². The molecule has 0 amide bonds. The first-order valence-electron chi connectivity index (χ1n) is 7.14. The Balaban J connectivity index is 1.77. The van der Waals surface area contributed by atoms with Gasteiger partial charge < -0.3 is 4.74 Å². The average Bonchev–Trinajstić information content (AvgIpc) is 2.47. The lowest BCUT2D eigenvalue weighted by Gasteiger charge is -2.07. The van der Waals surface area contributed by atoms with E-state index in [1.165, 1.54) is 30.4 Å². The zero-order valence-electron chi connectivity index (χ0n) is 11.6. The van der Waals surface area contributed by atoms with E-state index in [1.54, 1.807) is 0 Å². The molecule has 0 spiro atoms. The minimum absolute atomic E-state index is 0.734. The largest absolute Gasteiger partial charge is 0.493 e. The molecule has 0 unspecified atom stereocenters. The highest BCUT2D eigenvalue weighted by Gasteiger charge is 1.97. The first-order valence-corrected chi connectivity index (χ1v) is 7.14. The lowest BCUT2D eigenvalue weighted by Crippen LogP contribution is -2.01. The summed E-state index contributed by atoms with van der Waals surface area (Å²) in [5, 5.41) is 0. The van der Waals surface area contributed by atoms with Gasteiger partial charge in [-0.05, 0) is 36.1 Å². The van der Waals surface area contributed by atoms with Crippen LogP contribution in [0.15, 0.2) is 54.6 Å². The van der Waals surface area contributed by atoms with Crippen molar-refractivity contribution in [2.24, 2.45) is 0 Å². The van der Waals surface area contributed by atoms with Crippen LogP contribution in [0.1, 0.15) is 30.9 Å². The van der Waals surface area contributed by atoms with Crippen molar-refractivity contribution < 1.29 is 4.74 Å². The van der Waals surface area contributed by atoms with Gasteiger partial charge in [-0.1, -0.05) is 55.8 Å². The third-order valence-electron chi connectivity index (χ3n) is 3.24. The molecule has 1 nitrogen and oxygen atoms in total. The summed E-state index contributed by atoms with van der Waals surface area (Å²) >= 11 is 0. The van der Waals surface area contributed by atoms with Gasteiger partial charge in [0.15, 0.2) is 0 Å². The second-order valence-electron chi connectivity index (χ2n) is 4.83. The number of aryl methyl sites for hydroxylation is 1. The molecule has 0 aliphatic heterocycles. The molecule has 2 rings (SSSR count). The van der Waals surface area contributed by atoms with Crippen LogP contribution in [0.25, 0.3) is 0 Å². The molecule has 0 N–H and O–H groups in total. The Bertz CT molecular complexity index is 459. The lowest BCUT2D eigenvalue weighted by atomic mass is 10.1. The number of rotatable bonds is 7. The summed E-state index contributed by atoms with van der Waals surface area (Å²) in [5.74, 6) is 0.969. The molecule has 0 atom stereocenters. The van der Waals surface area contributed by atoms with Crippen LogP contribution in [0.3, 0.4) is 0 Å². The van der Waals surface area contributed by atoms with E-state index in [4.69, 9.17) is 4.74 Å². The predicted octanol–water partition coefficient (Wildman–Crippen LogP) is 4.65. The lowest BCUT2D eigenvalue weighted by molar-refractivity contribution is 0.322. The molecule has 0 aliphatic carbocycles. The Morgan fingerprint density at radius 3 is 2.16 bits per heavy atom. The van der Waals surface area contributed by atoms with Gasteiger partial charge in [-0.2, -0.15) is 0 Å². The van der Waals surface area contributed by atoms with E-state index in [1.807, 2.05) is 6.07 Å². The van der Waals surface area contributed by atoms with Crippen LogP contribution >= 0.6 is 0 Å². The third-order valence-corrected chi connectivity index (χ3v) is 3.24. The highest BCUT2D eigenvalue weighted by Crippen LogP contribution is 2.14. The second kappa shape index (κ2) is 7.63. The molecular weight excluding hydrogens is 232 g/mol. The fourth-order valence-corrected chi connectivity index (χ4v) is 2.06. The molecular formula is C18H22O. The monoisotopic (exact) mass is 254 g/mol. The second-order valence-corrected chi connectivity index (χ2v) is 4.83. The Morgan fingerprint density at radius 2 is 1.47 bits per heavy atom. The summed E-state index contributed by atoms with van der Waals surface area (Å²) in [4.78, 5) is 0. The summed E-state index contributed by atoms with van der Waals surface area (Å²) < 4.78 is 5.77. The molecule has 2 aromatic rings. The van der Waals surface area contributed by atoms with Crippen LogP contribution in [0.5, 0.6) is 5.75 Å². The smallest absolute Gasteiger partial charge is 0.119 e. The summed E-state index contributed by atoms with van der Waals surface area (Å²) in [6.07, 6.45) is 4.63. The molecule has 0 heterocycles. The number of unbranched alkanes of at least 4 members (excludes halogenated alkanes) is 1. The van der Waals surface area contributed by atoms with Crippen molar-refractivity contribution in [1.82, 2.24) is 0 Å². The van der Waals surface area contributed by atoms with Crippen LogP contribution in [0, 0.1) is 0 Å². The summed E-state index contributed by atoms with van der Waals surface area (Å²) in [6.45, 7) is 2.96. The van der Waals surface area contributed by atoms with Gasteiger partial charge in [0.05, 0.1) is 6.61 Å². The van der Waals surface area contributed by atoms with Crippen molar-refractivity contribution in [2.75, 3.05) is 6.61 Å². The van der Waals surface area contributed by atoms with Crippen molar-refractivity contribution in [3.05, 3.63) is 65.7 Å². The zero-order chi connectivity index (χ0) is 13.3. The molecule has 0 aliphatic rings. The molecule has 1 heteroatoms. The van der Waals surface area contributed by atoms with Gasteiger partial charge in [0.25, 0.3) is 0 Å². The minimum Gasteiger partial charge on any atom is -0.493 e. The first kappa shape index (κ1) is 13.7. The fraction of sp³-hybridized carbons (Fsp3) is 0.333. The summed E-state index contributed by atoms with van der Waals surface area (Å²) in [5.41, 5.74) is 2.72. The molecule has 100 valence electrons. The molecule has 0 bridgehead atoms. The number of benzene rings is 2. The number of hydrogen-bond acceptors (Lipinski definition) is 1. The fourth-order valence-electron chi connectivity index (χ4n) is 2.06. The highest BCUT2D eigenvalue weighted by atomic mass is 16.5. The quantitative estimate of drug-likeness (QED) is 0.698. The van der Waals surface area contributed by atoms with Gasteiger partial charge in [-0.15, -0.1) is 0 Å². The van der Waals surface area contributed by atoms with Gasteiger partial charge in [0, 0.05) is 6.42 Å². The SMILES string of the molecule is CCCCc1ccc(OCCc2ccccc2)cc1. The predicted molar refractivity (Wildman–Crippen MR) is 80.7 cm³/mol. The van der Waals surface area contributed by atoms with Crippen molar-refractivity contribution >= 4 is 0 Å². The van der Waals surface area contributed by atoms with E-state index >= 15 is 0 Å². The van der Waals surface area contributed by atoms with Crippen molar-refractivity contribution in [3.8, 4) is 5.75 Å². The van der Waals surface area contributed by atoms with Crippen LogP contribution < -0.4 is 4.74 Å². The molecule has 2 aromatic carbocycles. The Kier molecular flexibility index (Phi) is 5.49. The van der Waals surface area contributed by atoms with E-state index in [2.05, 4.69) is 55.5 Å². The van der Waals surface area contributed by atoms with Crippen molar-refractivity contribution in [3.63, 3.8) is 0 Å². The van der Waals surface area contributed by atoms with Crippen LogP contribution in [-0.4, -0.2) is 6.61 Å². The molecule has 19 heavy (non-hydrogen) atoms. The minimum atomic E-state index is 0.734. The average molecular weight is 254 g/mol. The van der Waals surface area contributed by atoms with Gasteiger partial charge >= 0.3 is 0 Å². The van der Waals surface area contributed by atoms with Crippen LogP contribution in [0.2, 0.25) is 0 Å². The third kappa shape index (κ3) is 4.78. The Hall–Kier alpha value is -1.76. The standard InChI is InChI=1S/C18H22O/c1-2-3-7-17-10-12-18(13-11-17)19-15-14-16-8-5-4-6-9-16/h4-6,8-13H,2-3,7,14-15H2,1H3. The van der Waals surface area contributed by atoms with Gasteiger partial charge in [0.1, 0.15) is 5.75 Å². The van der Waals surface area contributed by atoms with Crippen LogP contribution in [-0.2, 0) is 12.8 Å². The van der Waals surface area contributed by atoms with E-state index < -0.39 is 0 Å². The molecule has 0 fully saturated rings. The van der Waals surface area contributed by atoms with Crippen molar-refractivity contribution in [1.29, 1.82) is 0 Å². The first-order chi connectivity index (χ1) is 9.38. The molecule has 0 saturated heterocycles. The van der Waals surface area contributed by atoms with Crippen molar-refractivity contribution in [2.45, 2.75) is 32.6 Å².